The van der Waals surface area contributed by atoms with E-state index < -0.39 is 0 Å². The monoisotopic (exact) mass is 230 g/mol. The van der Waals surface area contributed by atoms with E-state index in [9.17, 15) is 0 Å². The molecular weight excluding hydrogens is 212 g/mol. The molecule has 0 amide bonds. The molecule has 1 N–H and O–H groups in total. The molecule has 0 fully saturated rings. The minimum absolute atomic E-state index is 0.868. The number of hydrogen-bond acceptors (Lipinski definition) is 3. The lowest BCUT2D eigenvalue weighted by atomic mass is 10.1. The summed E-state index contributed by atoms with van der Waals surface area (Å²) in [5.41, 5.74) is 2.62. The second-order valence-electron chi connectivity index (χ2n) is 4.25. The van der Waals surface area contributed by atoms with Gasteiger partial charge in [0.1, 0.15) is 6.33 Å². The SMILES string of the molecule is Cc1cccc(CNCCc2ncn(C)n2)c1. The maximum absolute atomic E-state index is 4.23. The molecule has 2 aromatic rings. The van der Waals surface area contributed by atoms with Crippen LogP contribution in [0, 0.1) is 6.92 Å². The number of nitrogens with zero attached hydrogens (tertiary/aromatic N) is 3. The predicted octanol–water partition coefficient (Wildman–Crippen LogP) is 1.46. The van der Waals surface area contributed by atoms with Crippen molar-refractivity contribution in [2.75, 3.05) is 6.54 Å². The Hall–Kier alpha value is -1.68. The third-order valence-electron chi connectivity index (χ3n) is 2.58. The van der Waals surface area contributed by atoms with Crippen molar-refractivity contribution in [2.24, 2.45) is 7.05 Å². The maximum atomic E-state index is 4.23. The molecule has 90 valence electrons. The second-order valence-corrected chi connectivity index (χ2v) is 4.25. The number of benzene rings is 1. The standard InChI is InChI=1S/C13H18N4/c1-11-4-3-5-12(8-11)9-14-7-6-13-15-10-17(2)16-13/h3-5,8,10,14H,6-7,9H2,1-2H3. The van der Waals surface area contributed by atoms with Crippen LogP contribution in [0.3, 0.4) is 0 Å². The summed E-state index contributed by atoms with van der Waals surface area (Å²) in [5, 5.41) is 7.63. The van der Waals surface area contributed by atoms with Crippen molar-refractivity contribution in [3.05, 3.63) is 47.5 Å². The van der Waals surface area contributed by atoms with Gasteiger partial charge in [-0.2, -0.15) is 5.10 Å². The first kappa shape index (κ1) is 11.8. The number of hydrogen-bond donors (Lipinski definition) is 1. The zero-order valence-corrected chi connectivity index (χ0v) is 10.3. The fraction of sp³-hybridized carbons (Fsp3) is 0.385. The Morgan fingerprint density at radius 3 is 2.94 bits per heavy atom. The average molecular weight is 230 g/mol. The van der Waals surface area contributed by atoms with Crippen LogP contribution >= 0.6 is 0 Å². The van der Waals surface area contributed by atoms with Crippen molar-refractivity contribution < 1.29 is 0 Å². The fourth-order valence-corrected chi connectivity index (χ4v) is 1.75. The Labute approximate surface area is 102 Å². The van der Waals surface area contributed by atoms with Crippen LogP contribution in [-0.2, 0) is 20.0 Å². The van der Waals surface area contributed by atoms with Gasteiger partial charge in [-0.15, -0.1) is 0 Å². The molecular formula is C13H18N4. The lowest BCUT2D eigenvalue weighted by Crippen LogP contribution is -2.17. The summed E-state index contributed by atoms with van der Waals surface area (Å²) in [4.78, 5) is 4.19. The first-order valence-electron chi connectivity index (χ1n) is 5.85. The highest BCUT2D eigenvalue weighted by atomic mass is 15.3. The number of aromatic nitrogens is 3. The van der Waals surface area contributed by atoms with E-state index in [1.807, 2.05) is 7.05 Å². The van der Waals surface area contributed by atoms with Crippen molar-refractivity contribution in [1.29, 1.82) is 0 Å². The van der Waals surface area contributed by atoms with Crippen molar-refractivity contribution >= 4 is 0 Å². The molecule has 0 saturated heterocycles. The molecule has 0 saturated carbocycles. The first-order valence-corrected chi connectivity index (χ1v) is 5.85. The minimum Gasteiger partial charge on any atom is -0.312 e. The Morgan fingerprint density at radius 1 is 1.35 bits per heavy atom. The molecule has 2 rings (SSSR count). The van der Waals surface area contributed by atoms with E-state index in [0.29, 0.717) is 0 Å². The molecule has 4 nitrogen and oxygen atoms in total. The molecule has 1 aromatic heterocycles. The van der Waals surface area contributed by atoms with Crippen LogP contribution in [0.2, 0.25) is 0 Å². The summed E-state index contributed by atoms with van der Waals surface area (Å²) in [5.74, 6) is 0.893. The first-order chi connectivity index (χ1) is 8.24. The van der Waals surface area contributed by atoms with Gasteiger partial charge in [0.2, 0.25) is 0 Å². The van der Waals surface area contributed by atoms with Crippen molar-refractivity contribution in [3.8, 4) is 0 Å². The van der Waals surface area contributed by atoms with Gasteiger partial charge in [-0.3, -0.25) is 4.68 Å². The molecule has 0 aliphatic carbocycles. The molecule has 4 heteroatoms. The van der Waals surface area contributed by atoms with E-state index in [1.165, 1.54) is 11.1 Å². The normalized spacial score (nSPS) is 10.7. The van der Waals surface area contributed by atoms with Gasteiger partial charge in [0.25, 0.3) is 0 Å². The zero-order valence-electron chi connectivity index (χ0n) is 10.3. The molecule has 0 aliphatic rings. The highest BCUT2D eigenvalue weighted by Gasteiger charge is 1.98. The van der Waals surface area contributed by atoms with Gasteiger partial charge in [-0.25, -0.2) is 4.98 Å². The van der Waals surface area contributed by atoms with E-state index in [-0.39, 0.29) is 0 Å². The Bertz CT molecular complexity index is 476. The quantitative estimate of drug-likeness (QED) is 0.791. The van der Waals surface area contributed by atoms with Crippen LogP contribution in [-0.4, -0.2) is 21.3 Å². The molecule has 0 bridgehead atoms. The smallest absolute Gasteiger partial charge is 0.151 e. The molecule has 0 radical (unpaired) electrons. The molecule has 0 spiro atoms. The van der Waals surface area contributed by atoms with E-state index in [0.717, 1.165) is 25.3 Å². The highest BCUT2D eigenvalue weighted by molar-refractivity contribution is 5.21. The fourth-order valence-electron chi connectivity index (χ4n) is 1.75. The van der Waals surface area contributed by atoms with Gasteiger partial charge < -0.3 is 5.32 Å². The van der Waals surface area contributed by atoms with E-state index in [4.69, 9.17) is 0 Å². The molecule has 17 heavy (non-hydrogen) atoms. The van der Waals surface area contributed by atoms with E-state index >= 15 is 0 Å². The summed E-state index contributed by atoms with van der Waals surface area (Å²) in [6, 6.07) is 8.54. The number of aryl methyl sites for hydroxylation is 2. The van der Waals surface area contributed by atoms with Crippen LogP contribution in [0.1, 0.15) is 17.0 Å². The number of nitrogens with one attached hydrogen (secondary N) is 1. The number of rotatable bonds is 5. The van der Waals surface area contributed by atoms with Crippen LogP contribution in [0.4, 0.5) is 0 Å². The van der Waals surface area contributed by atoms with E-state index in [1.54, 1.807) is 11.0 Å². The summed E-state index contributed by atoms with van der Waals surface area (Å²) >= 11 is 0. The lowest BCUT2D eigenvalue weighted by Gasteiger charge is -2.04. The van der Waals surface area contributed by atoms with Gasteiger partial charge >= 0.3 is 0 Å². The molecule has 1 heterocycles. The lowest BCUT2D eigenvalue weighted by molar-refractivity contribution is 0.661. The van der Waals surface area contributed by atoms with Crippen LogP contribution < -0.4 is 5.32 Å². The van der Waals surface area contributed by atoms with Crippen LogP contribution in [0.15, 0.2) is 30.6 Å². The van der Waals surface area contributed by atoms with Crippen molar-refractivity contribution in [3.63, 3.8) is 0 Å². The third kappa shape index (κ3) is 3.67. The van der Waals surface area contributed by atoms with Crippen LogP contribution in [0.25, 0.3) is 0 Å². The highest BCUT2D eigenvalue weighted by Crippen LogP contribution is 2.03. The summed E-state index contributed by atoms with van der Waals surface area (Å²) in [7, 11) is 1.89. The van der Waals surface area contributed by atoms with Gasteiger partial charge in [0.05, 0.1) is 0 Å². The zero-order chi connectivity index (χ0) is 12.1. The predicted molar refractivity (Wildman–Crippen MR) is 67.6 cm³/mol. The Morgan fingerprint density at radius 2 is 2.24 bits per heavy atom. The summed E-state index contributed by atoms with van der Waals surface area (Å²) in [6.07, 6.45) is 2.60. The Kier molecular flexibility index (Phi) is 3.88. The van der Waals surface area contributed by atoms with Gasteiger partial charge in [0.15, 0.2) is 5.82 Å². The largest absolute Gasteiger partial charge is 0.312 e. The van der Waals surface area contributed by atoms with Gasteiger partial charge in [0, 0.05) is 26.6 Å². The summed E-state index contributed by atoms with van der Waals surface area (Å²) < 4.78 is 1.73. The van der Waals surface area contributed by atoms with Crippen LogP contribution in [0.5, 0.6) is 0 Å². The summed E-state index contributed by atoms with van der Waals surface area (Å²) in [6.45, 7) is 3.91. The van der Waals surface area contributed by atoms with E-state index in [2.05, 4.69) is 46.6 Å². The van der Waals surface area contributed by atoms with Gasteiger partial charge in [-0.1, -0.05) is 29.8 Å². The molecule has 0 unspecified atom stereocenters. The molecule has 1 aromatic carbocycles. The third-order valence-corrected chi connectivity index (χ3v) is 2.58. The maximum Gasteiger partial charge on any atom is 0.151 e. The van der Waals surface area contributed by atoms with Crippen molar-refractivity contribution in [1.82, 2.24) is 20.1 Å². The Balaban J connectivity index is 1.73. The molecule has 0 aliphatic heterocycles. The van der Waals surface area contributed by atoms with Gasteiger partial charge in [-0.05, 0) is 12.5 Å². The average Bonchev–Trinajstić information content (AvgIpc) is 2.71. The second kappa shape index (κ2) is 5.59. The minimum atomic E-state index is 0.868. The topological polar surface area (TPSA) is 42.7 Å². The van der Waals surface area contributed by atoms with Crippen molar-refractivity contribution in [2.45, 2.75) is 19.9 Å². The molecule has 0 atom stereocenters.